The highest BCUT2D eigenvalue weighted by Gasteiger charge is 2.22. The van der Waals surface area contributed by atoms with Gasteiger partial charge in [-0.15, -0.1) is 0 Å². The summed E-state index contributed by atoms with van der Waals surface area (Å²) in [6.45, 7) is 5.73. The van der Waals surface area contributed by atoms with E-state index < -0.39 is 0 Å². The summed E-state index contributed by atoms with van der Waals surface area (Å²) in [5.41, 5.74) is 3.24. The first-order valence-corrected chi connectivity index (χ1v) is 10.3. The number of piperazine rings is 1. The number of carbonyl (C=O) groups excluding carboxylic acids is 2. The predicted molar refractivity (Wildman–Crippen MR) is 116 cm³/mol. The molecule has 2 aromatic carbocycles. The Bertz CT molecular complexity index is 802. The molecule has 0 radical (unpaired) electrons. The van der Waals surface area contributed by atoms with Gasteiger partial charge in [0.05, 0.1) is 6.54 Å². The number of nitrogens with zero attached hydrogens (tertiary/aromatic N) is 2. The average molecular weight is 395 g/mol. The smallest absolute Gasteiger partial charge is 0.317 e. The maximum atomic E-state index is 12.4. The topological polar surface area (TPSA) is 64.7 Å². The molecule has 0 unspecified atom stereocenters. The van der Waals surface area contributed by atoms with Gasteiger partial charge in [0.25, 0.3) is 0 Å². The van der Waals surface area contributed by atoms with Gasteiger partial charge in [0.15, 0.2) is 0 Å². The molecule has 3 rings (SSSR count). The number of amides is 3. The number of para-hydroxylation sites is 1. The number of carbonyl (C=O) groups is 2. The second kappa shape index (κ2) is 10.6. The van der Waals surface area contributed by atoms with Crippen LogP contribution in [0.5, 0.6) is 0 Å². The summed E-state index contributed by atoms with van der Waals surface area (Å²) in [7, 11) is 0. The predicted octanol–water partition coefficient (Wildman–Crippen LogP) is 2.76. The SMILES string of the molecule is CCc1ccccc1NC(=O)CN1CCN(C(=O)NCCc2ccccc2)CC1. The van der Waals surface area contributed by atoms with Crippen LogP contribution in [0, 0.1) is 0 Å². The van der Waals surface area contributed by atoms with Gasteiger partial charge >= 0.3 is 6.03 Å². The van der Waals surface area contributed by atoms with E-state index in [9.17, 15) is 9.59 Å². The highest BCUT2D eigenvalue weighted by molar-refractivity contribution is 5.93. The summed E-state index contributed by atoms with van der Waals surface area (Å²) in [4.78, 5) is 28.7. The van der Waals surface area contributed by atoms with Gasteiger partial charge in [-0.1, -0.05) is 55.5 Å². The summed E-state index contributed by atoms with van der Waals surface area (Å²) >= 11 is 0. The molecular formula is C23H30N4O2. The zero-order chi connectivity index (χ0) is 20.5. The molecule has 1 aliphatic heterocycles. The lowest BCUT2D eigenvalue weighted by molar-refractivity contribution is -0.117. The monoisotopic (exact) mass is 394 g/mol. The van der Waals surface area contributed by atoms with E-state index in [0.717, 1.165) is 24.1 Å². The number of rotatable bonds is 7. The van der Waals surface area contributed by atoms with Crippen molar-refractivity contribution in [1.82, 2.24) is 15.1 Å². The molecular weight excluding hydrogens is 364 g/mol. The van der Waals surface area contributed by atoms with Crippen molar-refractivity contribution in [2.45, 2.75) is 19.8 Å². The molecule has 3 amide bonds. The van der Waals surface area contributed by atoms with Crippen molar-refractivity contribution in [3.8, 4) is 0 Å². The Morgan fingerprint density at radius 2 is 1.62 bits per heavy atom. The fraction of sp³-hybridized carbons (Fsp3) is 0.391. The van der Waals surface area contributed by atoms with Gasteiger partial charge in [0.1, 0.15) is 0 Å². The Hall–Kier alpha value is -2.86. The molecule has 154 valence electrons. The minimum Gasteiger partial charge on any atom is -0.338 e. The third-order valence-corrected chi connectivity index (χ3v) is 5.23. The minimum absolute atomic E-state index is 0.00772. The Morgan fingerprint density at radius 1 is 0.931 bits per heavy atom. The first-order chi connectivity index (χ1) is 14.2. The number of nitrogens with one attached hydrogen (secondary N) is 2. The highest BCUT2D eigenvalue weighted by Crippen LogP contribution is 2.15. The number of aryl methyl sites for hydroxylation is 1. The van der Waals surface area contributed by atoms with Crippen molar-refractivity contribution in [3.63, 3.8) is 0 Å². The summed E-state index contributed by atoms with van der Waals surface area (Å²) in [6.07, 6.45) is 1.71. The Balaban J connectivity index is 1.37. The number of hydrogen-bond acceptors (Lipinski definition) is 3. The van der Waals surface area contributed by atoms with Gasteiger partial charge in [-0.3, -0.25) is 9.69 Å². The van der Waals surface area contributed by atoms with E-state index in [2.05, 4.69) is 34.6 Å². The van der Waals surface area contributed by atoms with Crippen molar-refractivity contribution >= 4 is 17.6 Å². The fourth-order valence-electron chi connectivity index (χ4n) is 3.52. The van der Waals surface area contributed by atoms with Crippen LogP contribution in [0.4, 0.5) is 10.5 Å². The molecule has 0 saturated carbocycles. The molecule has 2 aromatic rings. The Kier molecular flexibility index (Phi) is 7.64. The second-order valence-corrected chi connectivity index (χ2v) is 7.29. The third kappa shape index (κ3) is 6.32. The van der Waals surface area contributed by atoms with Gasteiger partial charge in [-0.05, 0) is 30.0 Å². The van der Waals surface area contributed by atoms with Crippen molar-refractivity contribution < 1.29 is 9.59 Å². The molecule has 6 heteroatoms. The van der Waals surface area contributed by atoms with Crippen molar-refractivity contribution in [2.75, 3.05) is 44.6 Å². The molecule has 0 atom stereocenters. The van der Waals surface area contributed by atoms with Crippen LogP contribution in [0.2, 0.25) is 0 Å². The lowest BCUT2D eigenvalue weighted by atomic mass is 10.1. The first-order valence-electron chi connectivity index (χ1n) is 10.3. The molecule has 6 nitrogen and oxygen atoms in total. The van der Waals surface area contributed by atoms with Crippen LogP contribution in [0.1, 0.15) is 18.1 Å². The number of urea groups is 1. The van der Waals surface area contributed by atoms with E-state index in [-0.39, 0.29) is 11.9 Å². The Morgan fingerprint density at radius 3 is 2.34 bits per heavy atom. The van der Waals surface area contributed by atoms with Crippen LogP contribution < -0.4 is 10.6 Å². The lowest BCUT2D eigenvalue weighted by Crippen LogP contribution is -2.53. The van der Waals surface area contributed by atoms with Crippen molar-refractivity contribution in [2.24, 2.45) is 0 Å². The quantitative estimate of drug-likeness (QED) is 0.759. The fourth-order valence-corrected chi connectivity index (χ4v) is 3.52. The highest BCUT2D eigenvalue weighted by atomic mass is 16.2. The molecule has 0 bridgehead atoms. The molecule has 1 fully saturated rings. The second-order valence-electron chi connectivity index (χ2n) is 7.29. The van der Waals surface area contributed by atoms with Crippen LogP contribution in [-0.4, -0.2) is 61.0 Å². The zero-order valence-electron chi connectivity index (χ0n) is 17.1. The van der Waals surface area contributed by atoms with Gasteiger partial charge < -0.3 is 15.5 Å². The molecule has 0 aliphatic carbocycles. The van der Waals surface area contributed by atoms with Crippen LogP contribution >= 0.6 is 0 Å². The average Bonchev–Trinajstić information content (AvgIpc) is 2.75. The molecule has 1 saturated heterocycles. The summed E-state index contributed by atoms with van der Waals surface area (Å²) < 4.78 is 0. The summed E-state index contributed by atoms with van der Waals surface area (Å²) in [6, 6.07) is 18.0. The molecule has 29 heavy (non-hydrogen) atoms. The maximum Gasteiger partial charge on any atom is 0.317 e. The van der Waals surface area contributed by atoms with Gasteiger partial charge in [-0.25, -0.2) is 4.79 Å². The molecule has 2 N–H and O–H groups in total. The van der Waals surface area contributed by atoms with Gasteiger partial charge in [0, 0.05) is 38.4 Å². The molecule has 1 aliphatic rings. The van der Waals surface area contributed by atoms with Crippen LogP contribution in [0.15, 0.2) is 54.6 Å². The zero-order valence-corrected chi connectivity index (χ0v) is 17.1. The van der Waals surface area contributed by atoms with Gasteiger partial charge in [0.2, 0.25) is 5.91 Å². The first kappa shape index (κ1) is 20.9. The van der Waals surface area contributed by atoms with Crippen LogP contribution in [0.25, 0.3) is 0 Å². The van der Waals surface area contributed by atoms with Crippen molar-refractivity contribution in [1.29, 1.82) is 0 Å². The van der Waals surface area contributed by atoms with Crippen LogP contribution in [-0.2, 0) is 17.6 Å². The van der Waals surface area contributed by atoms with E-state index in [1.54, 1.807) is 0 Å². The molecule has 1 heterocycles. The normalized spacial score (nSPS) is 14.4. The standard InChI is InChI=1S/C23H30N4O2/c1-2-20-10-6-7-11-21(20)25-22(28)18-26-14-16-27(17-15-26)23(29)24-13-12-19-8-4-3-5-9-19/h3-11H,2,12-18H2,1H3,(H,24,29)(H,25,28). The summed E-state index contributed by atoms with van der Waals surface area (Å²) in [5, 5.41) is 6.00. The van der Waals surface area contributed by atoms with E-state index in [4.69, 9.17) is 0 Å². The van der Waals surface area contributed by atoms with E-state index >= 15 is 0 Å². The molecule has 0 aromatic heterocycles. The van der Waals surface area contributed by atoms with E-state index in [0.29, 0.717) is 39.3 Å². The molecule has 0 spiro atoms. The van der Waals surface area contributed by atoms with E-state index in [1.165, 1.54) is 5.56 Å². The van der Waals surface area contributed by atoms with Crippen molar-refractivity contribution in [3.05, 3.63) is 65.7 Å². The lowest BCUT2D eigenvalue weighted by Gasteiger charge is -2.34. The third-order valence-electron chi connectivity index (χ3n) is 5.23. The number of hydrogen-bond donors (Lipinski definition) is 2. The Labute approximate surface area is 172 Å². The largest absolute Gasteiger partial charge is 0.338 e. The van der Waals surface area contributed by atoms with Crippen LogP contribution in [0.3, 0.4) is 0 Å². The number of anilines is 1. The van der Waals surface area contributed by atoms with Gasteiger partial charge in [-0.2, -0.15) is 0 Å². The summed E-state index contributed by atoms with van der Waals surface area (Å²) in [5.74, 6) is -0.00772. The minimum atomic E-state index is -0.0260. The number of benzene rings is 2. The van der Waals surface area contributed by atoms with E-state index in [1.807, 2.05) is 47.4 Å². The maximum absolute atomic E-state index is 12.4.